The quantitative estimate of drug-likeness (QED) is 0.360. The van der Waals surface area contributed by atoms with Gasteiger partial charge in [-0.3, -0.25) is 4.79 Å². The van der Waals surface area contributed by atoms with Crippen LogP contribution in [0.1, 0.15) is 56.0 Å². The summed E-state index contributed by atoms with van der Waals surface area (Å²) >= 11 is 0. The van der Waals surface area contributed by atoms with Gasteiger partial charge in [0.15, 0.2) is 5.82 Å². The van der Waals surface area contributed by atoms with E-state index in [0.717, 1.165) is 25.9 Å². The number of nitrogens with zero attached hydrogens (tertiary/aromatic N) is 3. The molecule has 2 heterocycles. The number of nitrogens with one attached hydrogen (secondary N) is 2. The van der Waals surface area contributed by atoms with Crippen LogP contribution in [0.15, 0.2) is 18.2 Å². The van der Waals surface area contributed by atoms with Crippen LogP contribution >= 0.6 is 0 Å². The molecule has 0 amide bonds. The molecule has 10 nitrogen and oxygen atoms in total. The molecule has 0 saturated carbocycles. The number of benzene rings is 1. The number of carbonyl (C=O) groups is 2. The molecular weight excluding hydrogens is 514 g/mol. The van der Waals surface area contributed by atoms with Crippen molar-refractivity contribution in [3.05, 3.63) is 41.0 Å². The number of piperidine rings is 1. The van der Waals surface area contributed by atoms with E-state index in [1.165, 1.54) is 6.07 Å². The van der Waals surface area contributed by atoms with Crippen LogP contribution < -0.4 is 10.4 Å². The molecular formula is C24H32F4N5O5-. The van der Waals surface area contributed by atoms with E-state index in [1.54, 1.807) is 6.07 Å². The fourth-order valence-electron chi connectivity index (χ4n) is 4.16. The molecule has 3 rings (SSSR count). The highest BCUT2D eigenvalue weighted by molar-refractivity contribution is 5.71. The van der Waals surface area contributed by atoms with Gasteiger partial charge in [0.25, 0.3) is 0 Å². The summed E-state index contributed by atoms with van der Waals surface area (Å²) in [6.07, 6.45) is -2.24. The number of carboxylic acid groups (broad SMARTS) is 2. The molecule has 212 valence electrons. The van der Waals surface area contributed by atoms with Gasteiger partial charge in [0.05, 0.1) is 12.5 Å². The predicted molar refractivity (Wildman–Crippen MR) is 124 cm³/mol. The number of carbonyl (C=O) groups excluding carboxylic acids is 1. The van der Waals surface area contributed by atoms with E-state index in [4.69, 9.17) is 14.6 Å². The van der Waals surface area contributed by atoms with Gasteiger partial charge in [-0.15, -0.1) is 10.2 Å². The summed E-state index contributed by atoms with van der Waals surface area (Å²) in [6, 6.07) is 5.01. The molecule has 1 aliphatic rings. The van der Waals surface area contributed by atoms with Crippen LogP contribution in [0.2, 0.25) is 0 Å². The highest BCUT2D eigenvalue weighted by Crippen LogP contribution is 2.31. The zero-order valence-electron chi connectivity index (χ0n) is 21.1. The van der Waals surface area contributed by atoms with Crippen molar-refractivity contribution in [2.75, 3.05) is 19.7 Å². The monoisotopic (exact) mass is 546 g/mol. The summed E-state index contributed by atoms with van der Waals surface area (Å²) < 4.78 is 52.0. The van der Waals surface area contributed by atoms with Crippen LogP contribution in [0.4, 0.5) is 17.6 Å². The molecule has 1 aliphatic heterocycles. The number of hydrogen-bond donors (Lipinski definition) is 3. The van der Waals surface area contributed by atoms with Crippen LogP contribution in [-0.4, -0.2) is 63.5 Å². The largest absolute Gasteiger partial charge is 0.542 e. The fraction of sp³-hybridized carbons (Fsp3) is 0.625. The van der Waals surface area contributed by atoms with Gasteiger partial charge in [0.2, 0.25) is 0 Å². The second-order valence-electron chi connectivity index (χ2n) is 9.57. The number of aliphatic carboxylic acids is 2. The lowest BCUT2D eigenvalue weighted by molar-refractivity contribution is -0.344. The number of halogens is 4. The maximum atomic E-state index is 14.7. The normalized spacial score (nSPS) is 16.0. The summed E-state index contributed by atoms with van der Waals surface area (Å²) in [5, 5.41) is 35.9. The maximum absolute atomic E-state index is 14.7. The van der Waals surface area contributed by atoms with Crippen molar-refractivity contribution < 1.29 is 42.1 Å². The third kappa shape index (κ3) is 10.3. The smallest absolute Gasteiger partial charge is 0.430 e. The van der Waals surface area contributed by atoms with Gasteiger partial charge in [-0.25, -0.2) is 4.39 Å². The summed E-state index contributed by atoms with van der Waals surface area (Å²) in [5.74, 6) is -4.40. The van der Waals surface area contributed by atoms with Crippen LogP contribution in [0.25, 0.3) is 0 Å². The highest BCUT2D eigenvalue weighted by atomic mass is 19.4. The first kappa shape index (κ1) is 31.1. The van der Waals surface area contributed by atoms with Gasteiger partial charge < -0.3 is 25.1 Å². The number of H-pyrrole nitrogens is 1. The Kier molecular flexibility index (Phi) is 12.0. The zero-order valence-corrected chi connectivity index (χ0v) is 21.1. The lowest BCUT2D eigenvalue weighted by Gasteiger charge is -2.23. The minimum atomic E-state index is -5.19. The first-order valence-corrected chi connectivity index (χ1v) is 12.2. The van der Waals surface area contributed by atoms with E-state index in [9.17, 15) is 27.5 Å². The van der Waals surface area contributed by atoms with Crippen molar-refractivity contribution >= 4 is 11.9 Å². The second kappa shape index (κ2) is 14.7. The van der Waals surface area contributed by atoms with Crippen molar-refractivity contribution in [1.82, 2.24) is 25.9 Å². The summed E-state index contributed by atoms with van der Waals surface area (Å²) in [7, 11) is 0. The lowest BCUT2D eigenvalue weighted by Crippen LogP contribution is -2.37. The van der Waals surface area contributed by atoms with Crippen molar-refractivity contribution in [3.8, 4) is 0 Å². The lowest BCUT2D eigenvalue weighted by atomic mass is 9.81. The Bertz CT molecular complexity index is 1010. The Morgan fingerprint density at radius 3 is 2.39 bits per heavy atom. The van der Waals surface area contributed by atoms with Gasteiger partial charge in [-0.1, -0.05) is 31.2 Å². The Morgan fingerprint density at radius 1 is 1.24 bits per heavy atom. The molecule has 1 aromatic carbocycles. The number of carboxylic acids is 2. The van der Waals surface area contributed by atoms with E-state index in [0.29, 0.717) is 42.3 Å². The van der Waals surface area contributed by atoms with Crippen LogP contribution in [0.5, 0.6) is 0 Å². The zero-order chi connectivity index (χ0) is 28.3. The number of ether oxygens (including phenoxy) is 1. The van der Waals surface area contributed by atoms with Crippen molar-refractivity contribution in [2.45, 2.75) is 58.2 Å². The third-order valence-electron chi connectivity index (χ3n) is 6.10. The molecule has 0 aliphatic carbocycles. The van der Waals surface area contributed by atoms with E-state index in [1.807, 2.05) is 19.9 Å². The average Bonchev–Trinajstić information content (AvgIpc) is 3.37. The molecule has 3 N–H and O–H groups in total. The molecule has 0 spiro atoms. The molecule has 0 radical (unpaired) electrons. The highest BCUT2D eigenvalue weighted by Gasteiger charge is 2.33. The second-order valence-corrected chi connectivity index (χ2v) is 9.57. The van der Waals surface area contributed by atoms with Gasteiger partial charge in [-0.2, -0.15) is 18.4 Å². The Labute approximate surface area is 217 Å². The van der Waals surface area contributed by atoms with E-state index < -0.39 is 30.0 Å². The number of aromatic amines is 1. The van der Waals surface area contributed by atoms with Crippen LogP contribution in [-0.2, 0) is 27.4 Å². The van der Waals surface area contributed by atoms with Crippen LogP contribution in [0, 0.1) is 23.6 Å². The molecule has 1 fully saturated rings. The summed E-state index contributed by atoms with van der Waals surface area (Å²) in [5.41, 5.74) is 1.20. The summed E-state index contributed by atoms with van der Waals surface area (Å²) in [6.45, 7) is 6.83. The number of tetrazole rings is 1. The van der Waals surface area contributed by atoms with E-state index >= 15 is 0 Å². The Morgan fingerprint density at radius 2 is 1.89 bits per heavy atom. The average molecular weight is 547 g/mol. The standard InChI is InChI=1S/C22H32FN5O3.C2HF3O2/c1-14(2)9-19(22(29)30)18(21-25-27-28-26-21)10-16-3-4-17(20(23)11-16)13-31-12-15-5-7-24-8-6-15;3-2(4,5)1(6)7/h3-4,11,14-15,18-19,24H,5-10,12-13H2,1-2H3,(H,29,30)(H,25,26,27,28);(H,6,7)/p-1/t18-,19-;/m0./s1. The maximum Gasteiger partial charge on any atom is 0.430 e. The molecule has 2 aromatic rings. The molecule has 1 aromatic heterocycles. The Balaban J connectivity index is 0.000000638. The minimum absolute atomic E-state index is 0.187. The first-order chi connectivity index (χ1) is 17.9. The Hall–Kier alpha value is -3.13. The van der Waals surface area contributed by atoms with Crippen molar-refractivity contribution in [3.63, 3.8) is 0 Å². The number of alkyl halides is 3. The van der Waals surface area contributed by atoms with E-state index in [2.05, 4.69) is 25.9 Å². The SMILES string of the molecule is CC(C)C[C@H](C(=O)O)[C@H](Cc1ccc(COCC2CCNCC2)c(F)c1)c1nn[nH]n1.O=C([O-])C(F)(F)F. The molecule has 0 unspecified atom stereocenters. The number of rotatable bonds is 11. The third-order valence-corrected chi connectivity index (χ3v) is 6.10. The van der Waals surface area contributed by atoms with Crippen molar-refractivity contribution in [1.29, 1.82) is 0 Å². The first-order valence-electron chi connectivity index (χ1n) is 12.2. The topological polar surface area (TPSA) is 153 Å². The molecule has 0 bridgehead atoms. The number of hydrogen-bond acceptors (Lipinski definition) is 8. The van der Waals surface area contributed by atoms with E-state index in [-0.39, 0.29) is 18.3 Å². The van der Waals surface area contributed by atoms with Crippen LogP contribution in [0.3, 0.4) is 0 Å². The molecule has 14 heteroatoms. The fourth-order valence-corrected chi connectivity index (χ4v) is 4.16. The number of aromatic nitrogens is 4. The minimum Gasteiger partial charge on any atom is -0.542 e. The van der Waals surface area contributed by atoms with Gasteiger partial charge in [-0.05, 0) is 62.2 Å². The molecule has 1 saturated heterocycles. The summed E-state index contributed by atoms with van der Waals surface area (Å²) in [4.78, 5) is 20.7. The van der Waals surface area contributed by atoms with Gasteiger partial charge in [0.1, 0.15) is 11.8 Å². The molecule has 38 heavy (non-hydrogen) atoms. The molecule has 2 atom stereocenters. The van der Waals surface area contributed by atoms with Gasteiger partial charge >= 0.3 is 12.1 Å². The van der Waals surface area contributed by atoms with Crippen molar-refractivity contribution in [2.24, 2.45) is 17.8 Å². The van der Waals surface area contributed by atoms with Gasteiger partial charge in [0, 0.05) is 18.1 Å². The predicted octanol–water partition coefficient (Wildman–Crippen LogP) is 2.23.